The van der Waals surface area contributed by atoms with Gasteiger partial charge in [0.15, 0.2) is 5.58 Å². The number of carbonyl (C=O) groups excluding carboxylic acids is 1. The molecule has 25 heavy (non-hydrogen) atoms. The van der Waals surface area contributed by atoms with Crippen LogP contribution in [-0.4, -0.2) is 30.4 Å². The summed E-state index contributed by atoms with van der Waals surface area (Å²) in [7, 11) is 2.43. The summed E-state index contributed by atoms with van der Waals surface area (Å²) in [6.07, 6.45) is 0. The van der Waals surface area contributed by atoms with Crippen molar-refractivity contribution in [2.24, 2.45) is 0 Å². The summed E-state index contributed by atoms with van der Waals surface area (Å²) in [6.45, 7) is 0. The van der Waals surface area contributed by atoms with Gasteiger partial charge in [-0.15, -0.1) is 0 Å². The van der Waals surface area contributed by atoms with E-state index in [1.165, 1.54) is 7.11 Å². The number of rotatable bonds is 3. The normalized spacial score (nSPS) is 10.6. The Balaban J connectivity index is 2.48. The summed E-state index contributed by atoms with van der Waals surface area (Å²) >= 11 is 0. The Bertz CT molecular complexity index is 1020. The largest absolute Gasteiger partial charge is 0.507 e. The second-order valence-corrected chi connectivity index (χ2v) is 5.15. The van der Waals surface area contributed by atoms with Crippen LogP contribution in [-0.2, 0) is 4.74 Å². The Morgan fingerprint density at radius 3 is 2.40 bits per heavy atom. The monoisotopic (exact) mass is 342 g/mol. The van der Waals surface area contributed by atoms with Crippen LogP contribution in [0.5, 0.6) is 17.4 Å². The Kier molecular flexibility index (Phi) is 4.06. The molecule has 1 heterocycles. The first kappa shape index (κ1) is 16.4. The molecule has 1 aromatic heterocycles. The van der Waals surface area contributed by atoms with E-state index in [-0.39, 0.29) is 27.8 Å². The minimum atomic E-state index is -0.836. The molecule has 7 heteroatoms. The highest BCUT2D eigenvalue weighted by molar-refractivity contribution is 6.07. The van der Waals surface area contributed by atoms with Crippen molar-refractivity contribution in [3.63, 3.8) is 0 Å². The van der Waals surface area contributed by atoms with Crippen LogP contribution in [0.15, 0.2) is 45.6 Å². The standard InChI is InChI=1S/C18H14O7/c1-23-11-8-10(19)13-15(20)12(9-6-4-3-5-7-9)18(22)25-16(13)14(11)17(21)24-2/h3-8,19,22H,1-2H3. The lowest BCUT2D eigenvalue weighted by Gasteiger charge is -2.12. The van der Waals surface area contributed by atoms with Crippen LogP contribution in [0.2, 0.25) is 0 Å². The molecule has 0 fully saturated rings. The average Bonchev–Trinajstić information content (AvgIpc) is 2.61. The number of benzene rings is 2. The molecule has 128 valence electrons. The van der Waals surface area contributed by atoms with E-state index >= 15 is 0 Å². The Morgan fingerprint density at radius 1 is 1.12 bits per heavy atom. The molecule has 0 bridgehead atoms. The number of methoxy groups -OCH3 is 2. The van der Waals surface area contributed by atoms with E-state index in [1.807, 2.05) is 0 Å². The number of phenols is 1. The number of hydrogen-bond donors (Lipinski definition) is 2. The second kappa shape index (κ2) is 6.20. The molecule has 0 spiro atoms. The van der Waals surface area contributed by atoms with Crippen LogP contribution >= 0.6 is 0 Å². The molecule has 2 aromatic carbocycles. The summed E-state index contributed by atoms with van der Waals surface area (Å²) in [5, 5.41) is 20.2. The van der Waals surface area contributed by atoms with Crippen molar-refractivity contribution in [3.8, 4) is 28.6 Å². The fourth-order valence-electron chi connectivity index (χ4n) is 2.63. The fraction of sp³-hybridized carbons (Fsp3) is 0.111. The number of hydrogen-bond acceptors (Lipinski definition) is 7. The lowest BCUT2D eigenvalue weighted by molar-refractivity contribution is 0.0598. The Hall–Kier alpha value is -3.48. The number of aromatic hydroxyl groups is 2. The quantitative estimate of drug-likeness (QED) is 0.705. The maximum atomic E-state index is 12.9. The van der Waals surface area contributed by atoms with Gasteiger partial charge in [-0.3, -0.25) is 4.79 Å². The number of esters is 1. The molecule has 0 aliphatic rings. The lowest BCUT2D eigenvalue weighted by Crippen LogP contribution is -2.11. The van der Waals surface area contributed by atoms with Gasteiger partial charge in [-0.1, -0.05) is 30.3 Å². The van der Waals surface area contributed by atoms with Gasteiger partial charge in [-0.25, -0.2) is 4.79 Å². The third kappa shape index (κ3) is 2.55. The molecule has 0 saturated heterocycles. The van der Waals surface area contributed by atoms with Crippen molar-refractivity contribution in [2.75, 3.05) is 14.2 Å². The molecular formula is C18H14O7. The minimum Gasteiger partial charge on any atom is -0.507 e. The van der Waals surface area contributed by atoms with E-state index in [9.17, 15) is 19.8 Å². The maximum absolute atomic E-state index is 12.9. The summed E-state index contributed by atoms with van der Waals surface area (Å²) in [6, 6.07) is 9.47. The molecule has 0 amide bonds. The molecule has 3 aromatic rings. The molecule has 0 atom stereocenters. The molecule has 2 N–H and O–H groups in total. The van der Waals surface area contributed by atoms with E-state index in [0.29, 0.717) is 5.56 Å². The van der Waals surface area contributed by atoms with Crippen LogP contribution in [0.4, 0.5) is 0 Å². The van der Waals surface area contributed by atoms with Gasteiger partial charge in [0.25, 0.3) is 5.95 Å². The molecule has 7 nitrogen and oxygen atoms in total. The zero-order valence-corrected chi connectivity index (χ0v) is 13.4. The highest BCUT2D eigenvalue weighted by Gasteiger charge is 2.27. The van der Waals surface area contributed by atoms with E-state index < -0.39 is 23.1 Å². The minimum absolute atomic E-state index is 0.0492. The van der Waals surface area contributed by atoms with Crippen molar-refractivity contribution in [3.05, 3.63) is 52.2 Å². The van der Waals surface area contributed by atoms with E-state index in [4.69, 9.17) is 9.15 Å². The molecule has 0 saturated carbocycles. The van der Waals surface area contributed by atoms with Gasteiger partial charge in [0.2, 0.25) is 5.43 Å². The number of ether oxygens (including phenoxy) is 2. The number of phenolic OH excluding ortho intramolecular Hbond substituents is 1. The zero-order chi connectivity index (χ0) is 18.1. The summed E-state index contributed by atoms with van der Waals surface area (Å²) in [4.78, 5) is 24.9. The van der Waals surface area contributed by atoms with Crippen molar-refractivity contribution in [1.82, 2.24) is 0 Å². The van der Waals surface area contributed by atoms with Crippen molar-refractivity contribution in [2.45, 2.75) is 0 Å². The van der Waals surface area contributed by atoms with Gasteiger partial charge in [-0.2, -0.15) is 0 Å². The van der Waals surface area contributed by atoms with Crippen LogP contribution in [0, 0.1) is 0 Å². The third-order valence-electron chi connectivity index (χ3n) is 3.76. The highest BCUT2D eigenvalue weighted by Crippen LogP contribution is 2.38. The Morgan fingerprint density at radius 2 is 1.80 bits per heavy atom. The lowest BCUT2D eigenvalue weighted by atomic mass is 10.0. The van der Waals surface area contributed by atoms with E-state index in [2.05, 4.69) is 4.74 Å². The smallest absolute Gasteiger partial charge is 0.345 e. The van der Waals surface area contributed by atoms with E-state index in [0.717, 1.165) is 13.2 Å². The number of fused-ring (bicyclic) bond motifs is 1. The molecule has 0 aliphatic carbocycles. The molecule has 0 aliphatic heterocycles. The van der Waals surface area contributed by atoms with Crippen molar-refractivity contribution >= 4 is 16.9 Å². The van der Waals surface area contributed by atoms with Gasteiger partial charge >= 0.3 is 5.97 Å². The van der Waals surface area contributed by atoms with Crippen LogP contribution in [0.3, 0.4) is 0 Å². The predicted octanol–water partition coefficient (Wildman–Crippen LogP) is 2.67. The van der Waals surface area contributed by atoms with Gasteiger partial charge in [0, 0.05) is 6.07 Å². The van der Waals surface area contributed by atoms with Crippen LogP contribution in [0.25, 0.3) is 22.1 Å². The van der Waals surface area contributed by atoms with Crippen molar-refractivity contribution < 1.29 is 28.9 Å². The summed E-state index contributed by atoms with van der Waals surface area (Å²) in [5.41, 5.74) is -0.916. The van der Waals surface area contributed by atoms with Gasteiger partial charge in [0.05, 0.1) is 14.2 Å². The first-order valence-electron chi connectivity index (χ1n) is 7.23. The third-order valence-corrected chi connectivity index (χ3v) is 3.76. The SMILES string of the molecule is COC(=O)c1c(OC)cc(O)c2c(=O)c(-c3ccccc3)c(O)oc12. The summed E-state index contributed by atoms with van der Waals surface area (Å²) < 4.78 is 15.0. The first-order valence-corrected chi connectivity index (χ1v) is 7.23. The van der Waals surface area contributed by atoms with Crippen LogP contribution in [0.1, 0.15) is 10.4 Å². The average molecular weight is 342 g/mol. The van der Waals surface area contributed by atoms with E-state index in [1.54, 1.807) is 30.3 Å². The molecule has 3 rings (SSSR count). The van der Waals surface area contributed by atoms with Crippen molar-refractivity contribution in [1.29, 1.82) is 0 Å². The topological polar surface area (TPSA) is 106 Å². The summed E-state index contributed by atoms with van der Waals surface area (Å²) in [5.74, 6) is -2.00. The first-order chi connectivity index (χ1) is 12.0. The Labute approximate surface area is 141 Å². The second-order valence-electron chi connectivity index (χ2n) is 5.15. The maximum Gasteiger partial charge on any atom is 0.345 e. The molecular weight excluding hydrogens is 328 g/mol. The fourth-order valence-corrected chi connectivity index (χ4v) is 2.63. The van der Waals surface area contributed by atoms with Gasteiger partial charge in [-0.05, 0) is 5.56 Å². The molecule has 0 unspecified atom stereocenters. The zero-order valence-electron chi connectivity index (χ0n) is 13.4. The van der Waals surface area contributed by atoms with Gasteiger partial charge in [0.1, 0.15) is 28.0 Å². The highest BCUT2D eigenvalue weighted by atomic mass is 16.5. The predicted molar refractivity (Wildman–Crippen MR) is 89.1 cm³/mol. The van der Waals surface area contributed by atoms with Gasteiger partial charge < -0.3 is 24.1 Å². The number of carbonyl (C=O) groups is 1. The molecule has 0 radical (unpaired) electrons. The van der Waals surface area contributed by atoms with Crippen LogP contribution < -0.4 is 10.2 Å².